The molecule has 0 aliphatic carbocycles. The highest BCUT2D eigenvalue weighted by atomic mass is 32.2. The fraction of sp³-hybridized carbons (Fsp3) is 0.333. The number of hydrogen-bond acceptors (Lipinski definition) is 5. The molecule has 0 amide bonds. The van der Waals surface area contributed by atoms with Crippen LogP contribution in [0.25, 0.3) is 10.8 Å². The van der Waals surface area contributed by atoms with Crippen LogP contribution in [0.2, 0.25) is 0 Å². The maximum absolute atomic E-state index is 12.6. The Balaban J connectivity index is 1.57. The van der Waals surface area contributed by atoms with E-state index in [1.165, 1.54) is 4.68 Å². The molecule has 0 radical (unpaired) electrons. The second kappa shape index (κ2) is 9.19. The first-order valence-corrected chi connectivity index (χ1v) is 11.5. The molecule has 0 fully saturated rings. The van der Waals surface area contributed by atoms with Crippen LogP contribution in [0, 0.1) is 0 Å². The number of sulfonamides is 1. The van der Waals surface area contributed by atoms with E-state index in [4.69, 9.17) is 0 Å². The molecule has 0 aliphatic heterocycles. The zero-order valence-corrected chi connectivity index (χ0v) is 17.5. The first-order chi connectivity index (χ1) is 13.9. The molecule has 0 atom stereocenters. The lowest BCUT2D eigenvalue weighted by molar-refractivity contribution is 0.272. The van der Waals surface area contributed by atoms with Crippen LogP contribution in [-0.2, 0) is 23.0 Å². The monoisotopic (exact) mass is 414 g/mol. The van der Waals surface area contributed by atoms with E-state index in [0.29, 0.717) is 17.6 Å². The Labute approximate surface area is 171 Å². The summed E-state index contributed by atoms with van der Waals surface area (Å²) in [6.07, 6.45) is 3.71. The lowest BCUT2D eigenvalue weighted by atomic mass is 10.1. The average molecular weight is 415 g/mol. The van der Waals surface area contributed by atoms with E-state index < -0.39 is 10.0 Å². The van der Waals surface area contributed by atoms with Crippen molar-refractivity contribution in [3.8, 4) is 0 Å². The minimum absolute atomic E-state index is 0.0619. The quantitative estimate of drug-likeness (QED) is 0.581. The third-order valence-corrected chi connectivity index (χ3v) is 5.42. The van der Waals surface area contributed by atoms with Gasteiger partial charge in [0.25, 0.3) is 5.56 Å². The smallest absolute Gasteiger partial charge is 0.274 e. The minimum atomic E-state index is -3.26. The number of likely N-dealkylation sites (N-methyl/N-ethyl adjacent to an activating group) is 1. The summed E-state index contributed by atoms with van der Waals surface area (Å²) in [7, 11) is -3.26. The zero-order chi connectivity index (χ0) is 20.9. The summed E-state index contributed by atoms with van der Waals surface area (Å²) in [5.74, 6) is 0. The maximum atomic E-state index is 12.6. The molecule has 8 heteroatoms. The molecule has 0 unspecified atom stereocenters. The van der Waals surface area contributed by atoms with E-state index in [2.05, 4.69) is 21.6 Å². The molecular weight excluding hydrogens is 388 g/mol. The van der Waals surface area contributed by atoms with Crippen LogP contribution >= 0.6 is 0 Å². The minimum Gasteiger partial charge on any atom is -0.301 e. The first-order valence-electron chi connectivity index (χ1n) is 9.59. The van der Waals surface area contributed by atoms with Gasteiger partial charge >= 0.3 is 0 Å². The van der Waals surface area contributed by atoms with Gasteiger partial charge in [-0.3, -0.25) is 9.52 Å². The van der Waals surface area contributed by atoms with Crippen molar-refractivity contribution in [2.24, 2.45) is 0 Å². The largest absolute Gasteiger partial charge is 0.301 e. The molecule has 0 saturated carbocycles. The van der Waals surface area contributed by atoms with Gasteiger partial charge in [0.2, 0.25) is 10.0 Å². The highest BCUT2D eigenvalue weighted by molar-refractivity contribution is 7.92. The van der Waals surface area contributed by atoms with E-state index in [1.807, 2.05) is 36.4 Å². The van der Waals surface area contributed by atoms with Crippen molar-refractivity contribution in [3.63, 3.8) is 0 Å². The summed E-state index contributed by atoms with van der Waals surface area (Å²) >= 11 is 0. The van der Waals surface area contributed by atoms with Crippen LogP contribution in [0.4, 0.5) is 5.69 Å². The molecule has 7 nitrogen and oxygen atoms in total. The zero-order valence-electron chi connectivity index (χ0n) is 16.7. The fourth-order valence-corrected chi connectivity index (χ4v) is 3.76. The molecule has 0 saturated heterocycles. The first kappa shape index (κ1) is 21.0. The van der Waals surface area contributed by atoms with Crippen molar-refractivity contribution < 1.29 is 8.42 Å². The van der Waals surface area contributed by atoms with Gasteiger partial charge in [-0.25, -0.2) is 13.1 Å². The standard InChI is InChI=1S/C21H26N4O3S/c1-3-24(13-12-17-8-10-19(11-9-17)23-29(2,27)28)14-15-25-21(26)20-7-5-4-6-18(20)16-22-25/h4-11,16,23H,3,12-15H2,1-2H3. The van der Waals surface area contributed by atoms with Gasteiger partial charge in [0.15, 0.2) is 0 Å². The van der Waals surface area contributed by atoms with Gasteiger partial charge < -0.3 is 4.90 Å². The van der Waals surface area contributed by atoms with Crippen LogP contribution < -0.4 is 10.3 Å². The normalized spacial score (nSPS) is 11.8. The Hall–Kier alpha value is -2.71. The van der Waals surface area contributed by atoms with Gasteiger partial charge in [0.1, 0.15) is 0 Å². The Morgan fingerprint density at radius 3 is 2.48 bits per heavy atom. The molecule has 3 aromatic rings. The van der Waals surface area contributed by atoms with Gasteiger partial charge in [-0.1, -0.05) is 37.3 Å². The Morgan fingerprint density at radius 2 is 1.79 bits per heavy atom. The molecule has 0 bridgehead atoms. The van der Waals surface area contributed by atoms with E-state index >= 15 is 0 Å². The SMILES string of the molecule is CCN(CCc1ccc(NS(C)(=O)=O)cc1)CCn1ncc2ccccc2c1=O. The number of aromatic nitrogens is 2. The summed E-state index contributed by atoms with van der Waals surface area (Å²) in [6.45, 7) is 5.08. The highest BCUT2D eigenvalue weighted by Gasteiger charge is 2.08. The number of nitrogens with zero attached hydrogens (tertiary/aromatic N) is 3. The number of hydrogen-bond donors (Lipinski definition) is 1. The van der Waals surface area contributed by atoms with Crippen molar-refractivity contribution in [1.82, 2.24) is 14.7 Å². The summed E-state index contributed by atoms with van der Waals surface area (Å²) in [5.41, 5.74) is 1.63. The van der Waals surface area contributed by atoms with Crippen LogP contribution in [0.1, 0.15) is 12.5 Å². The summed E-state index contributed by atoms with van der Waals surface area (Å²) in [6, 6.07) is 14.9. The van der Waals surface area contributed by atoms with Crippen molar-refractivity contribution in [2.75, 3.05) is 30.6 Å². The molecule has 1 N–H and O–H groups in total. The van der Waals surface area contributed by atoms with Gasteiger partial charge in [-0.2, -0.15) is 5.10 Å². The summed E-state index contributed by atoms with van der Waals surface area (Å²) < 4.78 is 26.5. The molecule has 0 aliphatic rings. The van der Waals surface area contributed by atoms with Crippen molar-refractivity contribution in [1.29, 1.82) is 0 Å². The average Bonchev–Trinajstić information content (AvgIpc) is 2.70. The topological polar surface area (TPSA) is 84.3 Å². The van der Waals surface area contributed by atoms with Crippen molar-refractivity contribution in [2.45, 2.75) is 19.9 Å². The van der Waals surface area contributed by atoms with E-state index in [0.717, 1.165) is 43.3 Å². The predicted molar refractivity (Wildman–Crippen MR) is 117 cm³/mol. The molecule has 1 heterocycles. The Morgan fingerprint density at radius 1 is 1.07 bits per heavy atom. The fourth-order valence-electron chi connectivity index (χ4n) is 3.19. The molecular formula is C21H26N4O3S. The third-order valence-electron chi connectivity index (χ3n) is 4.81. The Kier molecular flexibility index (Phi) is 6.66. The Bertz CT molecular complexity index is 1120. The van der Waals surface area contributed by atoms with E-state index in [1.54, 1.807) is 18.3 Å². The number of benzene rings is 2. The van der Waals surface area contributed by atoms with Crippen LogP contribution in [-0.4, -0.2) is 49.0 Å². The summed E-state index contributed by atoms with van der Waals surface area (Å²) in [5, 5.41) is 5.84. The summed E-state index contributed by atoms with van der Waals surface area (Å²) in [4.78, 5) is 14.8. The molecule has 2 aromatic carbocycles. The van der Waals surface area contributed by atoms with E-state index in [9.17, 15) is 13.2 Å². The number of nitrogens with one attached hydrogen (secondary N) is 1. The van der Waals surface area contributed by atoms with Gasteiger partial charge in [0.05, 0.1) is 24.4 Å². The molecule has 154 valence electrons. The second-order valence-electron chi connectivity index (χ2n) is 7.02. The maximum Gasteiger partial charge on any atom is 0.274 e. The van der Waals surface area contributed by atoms with E-state index in [-0.39, 0.29) is 5.56 Å². The van der Waals surface area contributed by atoms with Crippen LogP contribution in [0.5, 0.6) is 0 Å². The lowest BCUT2D eigenvalue weighted by Gasteiger charge is -2.20. The van der Waals surface area contributed by atoms with Gasteiger partial charge in [-0.15, -0.1) is 0 Å². The third kappa shape index (κ3) is 5.88. The van der Waals surface area contributed by atoms with Gasteiger partial charge in [-0.05, 0) is 36.7 Å². The number of anilines is 1. The van der Waals surface area contributed by atoms with Crippen LogP contribution in [0.15, 0.2) is 59.5 Å². The van der Waals surface area contributed by atoms with Crippen molar-refractivity contribution >= 4 is 26.5 Å². The second-order valence-corrected chi connectivity index (χ2v) is 8.76. The molecule has 29 heavy (non-hydrogen) atoms. The number of rotatable bonds is 9. The van der Waals surface area contributed by atoms with Crippen molar-refractivity contribution in [3.05, 3.63) is 70.6 Å². The number of fused-ring (bicyclic) bond motifs is 1. The van der Waals surface area contributed by atoms with Crippen LogP contribution in [0.3, 0.4) is 0 Å². The highest BCUT2D eigenvalue weighted by Crippen LogP contribution is 2.12. The van der Waals surface area contributed by atoms with Gasteiger partial charge in [0, 0.05) is 24.2 Å². The lowest BCUT2D eigenvalue weighted by Crippen LogP contribution is -2.33. The predicted octanol–water partition coefficient (Wildman–Crippen LogP) is 2.33. The molecule has 3 rings (SSSR count). The molecule has 1 aromatic heterocycles. The molecule has 0 spiro atoms.